The van der Waals surface area contributed by atoms with Crippen molar-refractivity contribution in [1.29, 1.82) is 0 Å². The van der Waals surface area contributed by atoms with Crippen LogP contribution in [0, 0.1) is 0 Å². The van der Waals surface area contributed by atoms with Crippen molar-refractivity contribution in [1.82, 2.24) is 20.0 Å². The van der Waals surface area contributed by atoms with Crippen LogP contribution in [-0.4, -0.2) is 134 Å². The van der Waals surface area contributed by atoms with Gasteiger partial charge in [-0.05, 0) is 25.7 Å². The van der Waals surface area contributed by atoms with Crippen molar-refractivity contribution in [3.8, 4) is 0 Å². The highest BCUT2D eigenvalue weighted by Crippen LogP contribution is 2.25. The van der Waals surface area contributed by atoms with Gasteiger partial charge in [0.1, 0.15) is 24.3 Å². The van der Waals surface area contributed by atoms with Gasteiger partial charge in [0.15, 0.2) is 0 Å². The number of likely N-dealkylation sites (N-methyl/N-ethyl adjacent to an activating group) is 1. The molecule has 5 fully saturated rings. The molecule has 5 rings (SSSR count). The van der Waals surface area contributed by atoms with Gasteiger partial charge >= 0.3 is 0 Å². The summed E-state index contributed by atoms with van der Waals surface area (Å²) in [5.74, 6) is 0.394. The molecule has 0 radical (unpaired) electrons. The fourth-order valence-electron chi connectivity index (χ4n) is 7.33. The van der Waals surface area contributed by atoms with Gasteiger partial charge in [-0.1, -0.05) is 0 Å². The van der Waals surface area contributed by atoms with E-state index in [2.05, 4.69) is 32.4 Å². The molecule has 5 aliphatic heterocycles. The first-order valence-corrected chi connectivity index (χ1v) is 14.5. The molecular formula is C26H48N6O4+2. The zero-order valence-electron chi connectivity index (χ0n) is 22.1. The van der Waals surface area contributed by atoms with Crippen molar-refractivity contribution in [3.05, 3.63) is 0 Å². The van der Waals surface area contributed by atoms with E-state index in [9.17, 15) is 14.7 Å². The van der Waals surface area contributed by atoms with Gasteiger partial charge in [-0.2, -0.15) is 0 Å². The lowest BCUT2D eigenvalue weighted by atomic mass is 10.0. The topological polar surface area (TPSA) is 106 Å². The van der Waals surface area contributed by atoms with Crippen molar-refractivity contribution in [2.24, 2.45) is 0 Å². The van der Waals surface area contributed by atoms with Crippen molar-refractivity contribution >= 4 is 11.8 Å². The third kappa shape index (κ3) is 5.89. The minimum Gasteiger partial charge on any atom is -0.394 e. The fourth-order valence-corrected chi connectivity index (χ4v) is 7.33. The van der Waals surface area contributed by atoms with Crippen LogP contribution >= 0.6 is 0 Å². The molecule has 0 aromatic carbocycles. The second kappa shape index (κ2) is 12.0. The van der Waals surface area contributed by atoms with E-state index in [0.29, 0.717) is 19.1 Å². The molecule has 5 N–H and O–H groups in total. The number of nitrogens with one attached hydrogen (secondary N) is 2. The van der Waals surface area contributed by atoms with Crippen LogP contribution in [0.25, 0.3) is 0 Å². The fraction of sp³-hybridized carbons (Fsp3) is 0.923. The molecule has 5 heterocycles. The number of amides is 2. The number of fused-ring (bicyclic) bond motifs is 1. The van der Waals surface area contributed by atoms with Gasteiger partial charge in [0.25, 0.3) is 0 Å². The number of hydrogen-bond donors (Lipinski definition) is 4. The van der Waals surface area contributed by atoms with E-state index < -0.39 is 0 Å². The maximum atomic E-state index is 13.1. The molecule has 10 heteroatoms. The van der Waals surface area contributed by atoms with Crippen LogP contribution < -0.4 is 15.5 Å². The van der Waals surface area contributed by atoms with E-state index in [1.165, 1.54) is 30.7 Å². The third-order valence-corrected chi connectivity index (χ3v) is 9.59. The number of ether oxygens (including phenoxy) is 1. The summed E-state index contributed by atoms with van der Waals surface area (Å²) in [4.78, 5) is 34.5. The maximum absolute atomic E-state index is 13.1. The number of aliphatic hydroxyl groups is 1. The lowest BCUT2D eigenvalue weighted by Crippen LogP contribution is -3.18. The third-order valence-electron chi connectivity index (χ3n) is 9.59. The van der Waals surface area contributed by atoms with Crippen LogP contribution in [0.3, 0.4) is 0 Å². The molecule has 0 aromatic heterocycles. The summed E-state index contributed by atoms with van der Waals surface area (Å²) in [6.45, 7) is 7.25. The van der Waals surface area contributed by atoms with Gasteiger partial charge in [-0.25, -0.2) is 0 Å². The van der Waals surface area contributed by atoms with Gasteiger partial charge in [-0.3, -0.25) is 19.4 Å². The largest absolute Gasteiger partial charge is 0.394 e. The quantitative estimate of drug-likeness (QED) is 0.292. The standard InChI is InChI=1S/C26H46N6O4/c1-29-19(5-8-24(34)31-14-12-30(13-15-31)23-4-2-3-10-27-23)16-28-26(35)25-22(29)9-11-32(25)17-20-6-7-21(18-33)36-20/h19-23,25,27,33H,2-18H2,1H3,(H,28,35)/p+2. The van der Waals surface area contributed by atoms with Crippen LogP contribution in [0.1, 0.15) is 51.4 Å². The molecular weight excluding hydrogens is 460 g/mol. The van der Waals surface area contributed by atoms with Crippen molar-refractivity contribution in [2.45, 2.75) is 87.9 Å². The Balaban J connectivity index is 1.09. The first-order chi connectivity index (χ1) is 17.5. The molecule has 204 valence electrons. The number of nitrogens with zero attached hydrogens (tertiary/aromatic N) is 3. The molecule has 5 saturated heterocycles. The van der Waals surface area contributed by atoms with Gasteiger partial charge < -0.3 is 30.3 Å². The van der Waals surface area contributed by atoms with Gasteiger partial charge in [0, 0.05) is 65.0 Å². The van der Waals surface area contributed by atoms with Gasteiger partial charge in [-0.15, -0.1) is 0 Å². The number of piperidine rings is 1. The highest BCUT2D eigenvalue weighted by Gasteiger charge is 2.49. The second-order valence-electron chi connectivity index (χ2n) is 11.7. The minimum absolute atomic E-state index is 0.0554. The average Bonchev–Trinajstić information content (AvgIpc) is 3.53. The number of carbonyl (C=O) groups excluding carboxylic acids is 2. The Morgan fingerprint density at radius 1 is 1.11 bits per heavy atom. The molecule has 7 unspecified atom stereocenters. The summed E-state index contributed by atoms with van der Waals surface area (Å²) >= 11 is 0. The van der Waals surface area contributed by atoms with E-state index in [1.54, 1.807) is 0 Å². The van der Waals surface area contributed by atoms with Gasteiger partial charge in [0.05, 0.1) is 39.0 Å². The minimum atomic E-state index is -0.132. The summed E-state index contributed by atoms with van der Waals surface area (Å²) < 4.78 is 5.95. The normalized spacial score (nSPS) is 38.6. The molecule has 7 atom stereocenters. The van der Waals surface area contributed by atoms with E-state index in [-0.39, 0.29) is 48.8 Å². The highest BCUT2D eigenvalue weighted by atomic mass is 16.5. The molecule has 2 amide bonds. The number of nitrogens with two attached hydrogens (primary N) is 1. The lowest BCUT2D eigenvalue weighted by molar-refractivity contribution is -0.928. The van der Waals surface area contributed by atoms with Crippen LogP contribution in [0.5, 0.6) is 0 Å². The second-order valence-corrected chi connectivity index (χ2v) is 11.7. The smallest absolute Gasteiger partial charge is 0.243 e. The van der Waals surface area contributed by atoms with E-state index in [1.807, 2.05) is 0 Å². The van der Waals surface area contributed by atoms with Crippen molar-refractivity contribution in [2.75, 3.05) is 66.0 Å². The Bertz CT molecular complexity index is 757. The number of carbonyl (C=O) groups is 2. The number of piperazine rings is 1. The first kappa shape index (κ1) is 26.3. The zero-order chi connectivity index (χ0) is 25.1. The molecule has 0 aliphatic carbocycles. The predicted molar refractivity (Wildman–Crippen MR) is 134 cm³/mol. The van der Waals surface area contributed by atoms with Gasteiger partial charge in [0.2, 0.25) is 11.8 Å². The zero-order valence-corrected chi connectivity index (χ0v) is 22.1. The molecule has 5 aliphatic rings. The molecule has 0 bridgehead atoms. The van der Waals surface area contributed by atoms with Crippen molar-refractivity contribution < 1.29 is 29.6 Å². The molecule has 10 nitrogen and oxygen atoms in total. The Morgan fingerprint density at radius 2 is 1.92 bits per heavy atom. The van der Waals surface area contributed by atoms with Crippen molar-refractivity contribution in [3.63, 3.8) is 0 Å². The summed E-state index contributed by atoms with van der Waals surface area (Å²) in [5.41, 5.74) is 0. The van der Waals surface area contributed by atoms with Crippen LogP contribution in [0.2, 0.25) is 0 Å². The summed E-state index contributed by atoms with van der Waals surface area (Å²) in [6.07, 6.45) is 8.78. The number of likely N-dealkylation sites (tertiary alicyclic amines) is 1. The number of quaternary nitrogens is 2. The molecule has 0 saturated carbocycles. The molecule has 0 spiro atoms. The molecule has 0 aromatic rings. The Morgan fingerprint density at radius 3 is 2.64 bits per heavy atom. The molecule has 36 heavy (non-hydrogen) atoms. The van der Waals surface area contributed by atoms with Crippen LogP contribution in [0.15, 0.2) is 0 Å². The number of hydrogen-bond acceptors (Lipinski definition) is 6. The monoisotopic (exact) mass is 508 g/mol. The average molecular weight is 509 g/mol. The van der Waals surface area contributed by atoms with Crippen LogP contribution in [0.4, 0.5) is 0 Å². The Hall–Kier alpha value is -1.30. The Kier molecular flexibility index (Phi) is 8.80. The summed E-state index contributed by atoms with van der Waals surface area (Å²) in [7, 11) is 2.21. The predicted octanol–water partition coefficient (Wildman–Crippen LogP) is -3.02. The van der Waals surface area contributed by atoms with E-state index >= 15 is 0 Å². The maximum Gasteiger partial charge on any atom is 0.243 e. The lowest BCUT2D eigenvalue weighted by Gasteiger charge is -2.39. The van der Waals surface area contributed by atoms with Crippen LogP contribution in [-0.2, 0) is 14.3 Å². The summed E-state index contributed by atoms with van der Waals surface area (Å²) in [6, 6.07) is 0.373. The van der Waals surface area contributed by atoms with E-state index in [0.717, 1.165) is 65.0 Å². The SMILES string of the molecule is C[NH+]1C(CCC(=O)N2CCN(C3CCCC[NH2+]3)CC2)CNC(=O)C2C1CCN2CC1CCC(CO)O1. The number of aliphatic hydroxyl groups excluding tert-OH is 1. The first-order valence-electron chi connectivity index (χ1n) is 14.5. The highest BCUT2D eigenvalue weighted by molar-refractivity contribution is 5.83. The summed E-state index contributed by atoms with van der Waals surface area (Å²) in [5, 5.41) is 15.1. The van der Waals surface area contributed by atoms with E-state index in [4.69, 9.17) is 4.74 Å². The Labute approximate surface area is 215 Å². The number of rotatable bonds is 7.